The van der Waals surface area contributed by atoms with Crippen LogP contribution in [0.25, 0.3) is 0 Å². The molecular formula is C12H12ClN3O3. The first kappa shape index (κ1) is 14.9. The van der Waals surface area contributed by atoms with Gasteiger partial charge in [-0.05, 0) is 12.5 Å². The lowest BCUT2D eigenvalue weighted by Gasteiger charge is -2.19. The molecule has 0 spiro atoms. The zero-order valence-electron chi connectivity index (χ0n) is 10.3. The fraction of sp³-hybridized carbons (Fsp3) is 0.333. The molecule has 0 N–H and O–H groups in total. The van der Waals surface area contributed by atoms with Crippen LogP contribution in [0, 0.1) is 21.4 Å². The summed E-state index contributed by atoms with van der Waals surface area (Å²) in [6.45, 7) is 2.06. The minimum Gasteiger partial charge on any atom is -0.325 e. The maximum absolute atomic E-state index is 12.3. The van der Waals surface area contributed by atoms with Crippen LogP contribution in [0.1, 0.15) is 23.7 Å². The van der Waals surface area contributed by atoms with Crippen LogP contribution in [0.5, 0.6) is 0 Å². The number of amides is 1. The topological polar surface area (TPSA) is 87.2 Å². The summed E-state index contributed by atoms with van der Waals surface area (Å²) in [6.07, 6.45) is 0.645. The summed E-state index contributed by atoms with van der Waals surface area (Å²) in [4.78, 5) is 23.8. The molecule has 0 aromatic heterocycles. The van der Waals surface area contributed by atoms with Crippen molar-refractivity contribution >= 4 is 23.2 Å². The number of carbonyl (C=O) groups is 1. The zero-order chi connectivity index (χ0) is 14.4. The minimum absolute atomic E-state index is 0.0123. The molecule has 0 bridgehead atoms. The Labute approximate surface area is 115 Å². The number of hydrogen-bond acceptors (Lipinski definition) is 4. The van der Waals surface area contributed by atoms with E-state index in [1.165, 1.54) is 23.1 Å². The van der Waals surface area contributed by atoms with Gasteiger partial charge in [0, 0.05) is 12.6 Å². The fourth-order valence-electron chi connectivity index (χ4n) is 1.64. The monoisotopic (exact) mass is 281 g/mol. The van der Waals surface area contributed by atoms with E-state index in [4.69, 9.17) is 16.9 Å². The summed E-state index contributed by atoms with van der Waals surface area (Å²) in [6, 6.07) is 5.90. The second-order valence-corrected chi connectivity index (χ2v) is 4.18. The summed E-state index contributed by atoms with van der Waals surface area (Å²) in [5.41, 5.74) is -0.519. The van der Waals surface area contributed by atoms with Crippen molar-refractivity contribution < 1.29 is 9.72 Å². The molecule has 0 radical (unpaired) electrons. The number of carbonyl (C=O) groups excluding carboxylic acids is 1. The molecule has 100 valence electrons. The number of hydrogen-bond donors (Lipinski definition) is 0. The Bertz CT molecular complexity index is 540. The summed E-state index contributed by atoms with van der Waals surface area (Å²) in [7, 11) is 0. The number of benzene rings is 1. The highest BCUT2D eigenvalue weighted by Gasteiger charge is 2.26. The summed E-state index contributed by atoms with van der Waals surface area (Å²) in [5, 5.41) is 19.6. The number of halogens is 1. The lowest BCUT2D eigenvalue weighted by Crippen LogP contribution is -2.32. The quantitative estimate of drug-likeness (QED) is 0.471. The third-order valence-electron chi connectivity index (χ3n) is 2.44. The van der Waals surface area contributed by atoms with E-state index < -0.39 is 10.8 Å². The second-order valence-electron chi connectivity index (χ2n) is 3.78. The van der Waals surface area contributed by atoms with Crippen molar-refractivity contribution in [3.8, 4) is 6.07 Å². The zero-order valence-corrected chi connectivity index (χ0v) is 11.1. The molecule has 0 fully saturated rings. The molecule has 1 aromatic rings. The van der Waals surface area contributed by atoms with Gasteiger partial charge in [0.05, 0.1) is 16.0 Å². The van der Waals surface area contributed by atoms with E-state index in [2.05, 4.69) is 0 Å². The largest absolute Gasteiger partial charge is 0.325 e. The molecule has 0 atom stereocenters. The van der Waals surface area contributed by atoms with E-state index in [0.29, 0.717) is 13.0 Å². The van der Waals surface area contributed by atoms with E-state index in [1.807, 2.05) is 13.0 Å². The van der Waals surface area contributed by atoms with Crippen LogP contribution in [-0.4, -0.2) is 28.8 Å². The predicted molar refractivity (Wildman–Crippen MR) is 69.9 cm³/mol. The maximum atomic E-state index is 12.3. The average molecular weight is 282 g/mol. The summed E-state index contributed by atoms with van der Waals surface area (Å²) in [5.74, 6) is -0.597. The summed E-state index contributed by atoms with van der Waals surface area (Å²) >= 11 is 5.88. The maximum Gasteiger partial charge on any atom is 0.283 e. The molecule has 0 unspecified atom stereocenters. The molecule has 6 nitrogen and oxygen atoms in total. The van der Waals surface area contributed by atoms with Gasteiger partial charge < -0.3 is 4.90 Å². The Kier molecular flexibility index (Phi) is 5.27. The van der Waals surface area contributed by atoms with Crippen molar-refractivity contribution in [2.45, 2.75) is 13.3 Å². The Hall–Kier alpha value is -2.13. The molecule has 1 aromatic carbocycles. The SMILES string of the molecule is CCCN(CC#N)C(=O)c1c(Cl)cccc1[N+](=O)[O-]. The Morgan fingerprint density at radius 3 is 2.79 bits per heavy atom. The van der Waals surface area contributed by atoms with E-state index in [0.717, 1.165) is 0 Å². The van der Waals surface area contributed by atoms with Crippen LogP contribution in [0.4, 0.5) is 5.69 Å². The van der Waals surface area contributed by atoms with Crippen LogP contribution in [0.3, 0.4) is 0 Å². The van der Waals surface area contributed by atoms with Gasteiger partial charge in [0.2, 0.25) is 0 Å². The van der Waals surface area contributed by atoms with Crippen LogP contribution >= 0.6 is 11.6 Å². The molecule has 0 aliphatic carbocycles. The minimum atomic E-state index is -0.657. The van der Waals surface area contributed by atoms with Gasteiger partial charge in [-0.3, -0.25) is 14.9 Å². The van der Waals surface area contributed by atoms with Crippen molar-refractivity contribution in [3.05, 3.63) is 38.9 Å². The highest BCUT2D eigenvalue weighted by Crippen LogP contribution is 2.27. The average Bonchev–Trinajstić information content (AvgIpc) is 2.37. The molecule has 0 aliphatic rings. The first-order chi connectivity index (χ1) is 9.02. The lowest BCUT2D eigenvalue weighted by molar-refractivity contribution is -0.385. The van der Waals surface area contributed by atoms with E-state index >= 15 is 0 Å². The second kappa shape index (κ2) is 6.71. The standard InChI is InChI=1S/C12H12ClN3O3/c1-2-7-15(8-6-14)12(17)11-9(13)4-3-5-10(11)16(18)19/h3-5H,2,7-8H2,1H3. The predicted octanol–water partition coefficient (Wildman–Crippen LogP) is 2.62. The number of nitro groups is 1. The number of nitrogens with zero attached hydrogens (tertiary/aromatic N) is 3. The van der Waals surface area contributed by atoms with E-state index in [1.54, 1.807) is 0 Å². The van der Waals surface area contributed by atoms with Gasteiger partial charge >= 0.3 is 0 Å². The third-order valence-corrected chi connectivity index (χ3v) is 2.76. The van der Waals surface area contributed by atoms with Crippen LogP contribution in [-0.2, 0) is 0 Å². The van der Waals surface area contributed by atoms with Gasteiger partial charge in [0.15, 0.2) is 0 Å². The number of nitro benzene ring substituents is 1. The molecule has 7 heteroatoms. The van der Waals surface area contributed by atoms with E-state index in [-0.39, 0.29) is 22.8 Å². The van der Waals surface area contributed by atoms with Gasteiger partial charge in [-0.25, -0.2) is 0 Å². The molecule has 0 aliphatic heterocycles. The molecule has 1 rings (SSSR count). The van der Waals surface area contributed by atoms with Gasteiger partial charge in [0.25, 0.3) is 11.6 Å². The number of nitriles is 1. The van der Waals surface area contributed by atoms with Crippen molar-refractivity contribution in [1.82, 2.24) is 4.90 Å². The third kappa shape index (κ3) is 3.42. The highest BCUT2D eigenvalue weighted by atomic mass is 35.5. The van der Waals surface area contributed by atoms with Crippen molar-refractivity contribution in [2.75, 3.05) is 13.1 Å². The van der Waals surface area contributed by atoms with E-state index in [9.17, 15) is 14.9 Å². The molecule has 0 heterocycles. The Morgan fingerprint density at radius 1 is 1.58 bits per heavy atom. The van der Waals surface area contributed by atoms with Gasteiger partial charge in [-0.1, -0.05) is 24.6 Å². The van der Waals surface area contributed by atoms with Crippen LogP contribution < -0.4 is 0 Å². The first-order valence-corrected chi connectivity index (χ1v) is 5.99. The van der Waals surface area contributed by atoms with Crippen LogP contribution in [0.15, 0.2) is 18.2 Å². The molecule has 19 heavy (non-hydrogen) atoms. The normalized spacial score (nSPS) is 9.74. The summed E-state index contributed by atoms with van der Waals surface area (Å²) < 4.78 is 0. The molecular weight excluding hydrogens is 270 g/mol. The fourth-order valence-corrected chi connectivity index (χ4v) is 1.89. The van der Waals surface area contributed by atoms with Gasteiger partial charge in [-0.2, -0.15) is 5.26 Å². The van der Waals surface area contributed by atoms with Crippen molar-refractivity contribution in [3.63, 3.8) is 0 Å². The molecule has 0 saturated carbocycles. The van der Waals surface area contributed by atoms with Gasteiger partial charge in [0.1, 0.15) is 12.1 Å². The van der Waals surface area contributed by atoms with Crippen LogP contribution in [0.2, 0.25) is 5.02 Å². The Balaban J connectivity index is 3.24. The van der Waals surface area contributed by atoms with Crippen molar-refractivity contribution in [1.29, 1.82) is 5.26 Å². The lowest BCUT2D eigenvalue weighted by atomic mass is 10.1. The first-order valence-electron chi connectivity index (χ1n) is 5.62. The smallest absolute Gasteiger partial charge is 0.283 e. The van der Waals surface area contributed by atoms with Crippen molar-refractivity contribution in [2.24, 2.45) is 0 Å². The molecule has 0 saturated heterocycles. The highest BCUT2D eigenvalue weighted by molar-refractivity contribution is 6.34. The Morgan fingerprint density at radius 2 is 2.26 bits per heavy atom. The molecule has 1 amide bonds. The number of rotatable bonds is 5. The van der Waals surface area contributed by atoms with Gasteiger partial charge in [-0.15, -0.1) is 0 Å².